The van der Waals surface area contributed by atoms with Crippen molar-refractivity contribution in [2.45, 2.75) is 44.7 Å². The monoisotopic (exact) mass is 333 g/mol. The van der Waals surface area contributed by atoms with Crippen LogP contribution in [0.25, 0.3) is 11.0 Å². The van der Waals surface area contributed by atoms with Crippen LogP contribution in [-0.4, -0.2) is 8.96 Å². The van der Waals surface area contributed by atoms with Gasteiger partial charge in [-0.1, -0.05) is 0 Å². The Morgan fingerprint density at radius 2 is 1.82 bits per heavy atom. The van der Waals surface area contributed by atoms with Crippen LogP contribution >= 0.6 is 0 Å². The molecule has 0 aliphatic heterocycles. The first-order valence-corrected chi connectivity index (χ1v) is 7.92. The van der Waals surface area contributed by atoms with Gasteiger partial charge in [0.25, 0.3) is 0 Å². The van der Waals surface area contributed by atoms with Crippen molar-refractivity contribution in [3.63, 3.8) is 0 Å². The fourth-order valence-corrected chi connectivity index (χ4v) is 2.64. The van der Waals surface area contributed by atoms with E-state index in [0.29, 0.717) is 16.7 Å². The molecule has 1 heterocycles. The second-order valence-corrected chi connectivity index (χ2v) is 8.12. The van der Waals surface area contributed by atoms with Crippen molar-refractivity contribution in [2.24, 2.45) is 0 Å². The third kappa shape index (κ3) is 3.70. The molecular formula is C15H18F3NO2S. The van der Waals surface area contributed by atoms with E-state index in [4.69, 9.17) is 4.42 Å². The number of rotatable bonds is 3. The molecule has 0 amide bonds. The molecule has 22 heavy (non-hydrogen) atoms. The van der Waals surface area contributed by atoms with Gasteiger partial charge in [-0.3, -0.25) is 0 Å². The van der Waals surface area contributed by atoms with Crippen molar-refractivity contribution in [1.82, 2.24) is 4.72 Å². The zero-order valence-corrected chi connectivity index (χ0v) is 13.6. The zero-order chi connectivity index (χ0) is 16.7. The molecule has 0 fully saturated rings. The van der Waals surface area contributed by atoms with Crippen LogP contribution in [0.3, 0.4) is 0 Å². The molecule has 122 valence electrons. The highest BCUT2D eigenvalue weighted by Crippen LogP contribution is 2.33. The van der Waals surface area contributed by atoms with Crippen molar-refractivity contribution in [3.05, 3.63) is 35.6 Å². The maximum atomic E-state index is 12.7. The average Bonchev–Trinajstić information content (AvgIpc) is 2.79. The number of hydrogen-bond donors (Lipinski definition) is 1. The average molecular weight is 333 g/mol. The van der Waals surface area contributed by atoms with Crippen LogP contribution in [0.5, 0.6) is 0 Å². The first kappa shape index (κ1) is 17.0. The van der Waals surface area contributed by atoms with Crippen LogP contribution in [0.15, 0.2) is 28.7 Å². The second-order valence-electron chi connectivity index (χ2n) is 6.12. The van der Waals surface area contributed by atoms with Crippen molar-refractivity contribution < 1.29 is 21.8 Å². The molecule has 1 aromatic carbocycles. The Morgan fingerprint density at radius 1 is 1.18 bits per heavy atom. The van der Waals surface area contributed by atoms with E-state index in [2.05, 4.69) is 4.72 Å². The highest BCUT2D eigenvalue weighted by Gasteiger charge is 2.31. The normalized spacial score (nSPS) is 16.0. The van der Waals surface area contributed by atoms with Crippen LogP contribution in [0.4, 0.5) is 13.2 Å². The summed E-state index contributed by atoms with van der Waals surface area (Å²) in [6, 6.07) is 4.51. The van der Waals surface area contributed by atoms with Crippen LogP contribution in [-0.2, 0) is 17.2 Å². The van der Waals surface area contributed by atoms with Gasteiger partial charge in [-0.2, -0.15) is 13.2 Å². The van der Waals surface area contributed by atoms with E-state index in [1.807, 2.05) is 20.8 Å². The van der Waals surface area contributed by atoms with E-state index in [-0.39, 0.29) is 6.04 Å². The van der Waals surface area contributed by atoms with E-state index in [1.54, 1.807) is 13.0 Å². The minimum absolute atomic E-state index is 0.373. The highest BCUT2D eigenvalue weighted by atomic mass is 32.2. The van der Waals surface area contributed by atoms with Gasteiger partial charge in [-0.05, 0) is 52.0 Å². The van der Waals surface area contributed by atoms with Gasteiger partial charge in [0, 0.05) is 5.39 Å². The summed E-state index contributed by atoms with van der Waals surface area (Å²) in [5.74, 6) is 0.451. The van der Waals surface area contributed by atoms with Crippen molar-refractivity contribution >= 4 is 22.0 Å². The molecular weight excluding hydrogens is 315 g/mol. The van der Waals surface area contributed by atoms with Crippen LogP contribution < -0.4 is 4.72 Å². The molecule has 0 saturated carbocycles. The van der Waals surface area contributed by atoms with Crippen LogP contribution in [0.2, 0.25) is 0 Å². The molecule has 2 atom stereocenters. The predicted molar refractivity (Wildman–Crippen MR) is 80.7 cm³/mol. The quantitative estimate of drug-likeness (QED) is 0.894. The molecule has 0 spiro atoms. The fourth-order valence-electron chi connectivity index (χ4n) is 1.85. The third-order valence-electron chi connectivity index (χ3n) is 3.13. The molecule has 0 saturated heterocycles. The summed E-state index contributed by atoms with van der Waals surface area (Å²) < 4.78 is 58.2. The molecule has 3 nitrogen and oxygen atoms in total. The lowest BCUT2D eigenvalue weighted by molar-refractivity contribution is -0.137. The summed E-state index contributed by atoms with van der Waals surface area (Å²) in [6.07, 6.45) is -4.39. The minimum atomic E-state index is -4.39. The topological polar surface area (TPSA) is 42.2 Å². The van der Waals surface area contributed by atoms with Gasteiger partial charge in [0.1, 0.15) is 11.3 Å². The lowest BCUT2D eigenvalue weighted by Crippen LogP contribution is -2.34. The maximum Gasteiger partial charge on any atom is 0.416 e. The molecule has 0 unspecified atom stereocenters. The van der Waals surface area contributed by atoms with Crippen molar-refractivity contribution in [1.29, 1.82) is 0 Å². The van der Waals surface area contributed by atoms with Gasteiger partial charge >= 0.3 is 6.18 Å². The number of halogens is 3. The number of fused-ring (bicyclic) bond motifs is 1. The lowest BCUT2D eigenvalue weighted by Gasteiger charge is -2.20. The van der Waals surface area contributed by atoms with E-state index in [1.165, 1.54) is 6.07 Å². The van der Waals surface area contributed by atoms with Gasteiger partial charge in [0.15, 0.2) is 0 Å². The summed E-state index contributed by atoms with van der Waals surface area (Å²) in [7, 11) is -1.30. The second kappa shape index (κ2) is 5.70. The van der Waals surface area contributed by atoms with E-state index in [9.17, 15) is 17.4 Å². The summed E-state index contributed by atoms with van der Waals surface area (Å²) >= 11 is 0. The fraction of sp³-hybridized carbons (Fsp3) is 0.467. The highest BCUT2D eigenvalue weighted by molar-refractivity contribution is 7.84. The van der Waals surface area contributed by atoms with Gasteiger partial charge in [-0.25, -0.2) is 8.93 Å². The first-order chi connectivity index (χ1) is 9.98. The van der Waals surface area contributed by atoms with Gasteiger partial charge in [0.2, 0.25) is 0 Å². The molecule has 1 aromatic heterocycles. The van der Waals surface area contributed by atoms with Gasteiger partial charge in [-0.15, -0.1) is 0 Å². The molecule has 2 aromatic rings. The molecule has 0 aliphatic carbocycles. The lowest BCUT2D eigenvalue weighted by atomic mass is 10.1. The first-order valence-electron chi connectivity index (χ1n) is 6.77. The predicted octanol–water partition coefficient (Wildman–Crippen LogP) is 4.56. The Balaban J connectivity index is 2.28. The zero-order valence-electron chi connectivity index (χ0n) is 12.7. The molecule has 1 N–H and O–H groups in total. The van der Waals surface area contributed by atoms with E-state index < -0.39 is 27.5 Å². The Bertz CT molecular complexity index is 701. The number of nitrogens with one attached hydrogen (secondary N) is 1. The van der Waals surface area contributed by atoms with Crippen molar-refractivity contribution in [2.75, 3.05) is 0 Å². The number of benzene rings is 1. The number of alkyl halides is 3. The molecule has 0 aliphatic rings. The Labute approximate surface area is 129 Å². The molecule has 0 radical (unpaired) electrons. The number of furan rings is 1. The Kier molecular flexibility index (Phi) is 4.41. The van der Waals surface area contributed by atoms with Gasteiger partial charge in [0.05, 0.1) is 27.3 Å². The Morgan fingerprint density at radius 3 is 2.36 bits per heavy atom. The molecule has 7 heteroatoms. The van der Waals surface area contributed by atoms with Gasteiger partial charge < -0.3 is 4.42 Å². The number of hydrogen-bond acceptors (Lipinski definition) is 2. The minimum Gasteiger partial charge on any atom is -0.459 e. The smallest absolute Gasteiger partial charge is 0.416 e. The van der Waals surface area contributed by atoms with E-state index in [0.717, 1.165) is 12.1 Å². The largest absolute Gasteiger partial charge is 0.459 e. The molecule has 0 bridgehead atoms. The Hall–Kier alpha value is -1.34. The van der Waals surface area contributed by atoms with Crippen molar-refractivity contribution in [3.8, 4) is 0 Å². The molecule has 2 rings (SSSR count). The maximum absolute atomic E-state index is 12.7. The summed E-state index contributed by atoms with van der Waals surface area (Å²) in [5.41, 5.74) is -0.343. The summed E-state index contributed by atoms with van der Waals surface area (Å²) in [6.45, 7) is 7.25. The van der Waals surface area contributed by atoms with Crippen LogP contribution in [0, 0.1) is 0 Å². The SMILES string of the molecule is C[C@@H](N[S@@](=O)C(C)(C)C)c1cc2cc(C(F)(F)F)ccc2o1. The third-order valence-corrected chi connectivity index (χ3v) is 4.81. The summed E-state index contributed by atoms with van der Waals surface area (Å²) in [5, 5.41) is 0.375. The standard InChI is InChI=1S/C15H18F3NO2S/c1-9(19-22(20)14(2,3)4)13-8-10-7-11(15(16,17)18)5-6-12(10)21-13/h5-9,19H,1-4H3/t9-,22+/m1/s1. The van der Waals surface area contributed by atoms with E-state index >= 15 is 0 Å². The summed E-state index contributed by atoms with van der Waals surface area (Å²) in [4.78, 5) is 0. The van der Waals surface area contributed by atoms with Crippen LogP contribution in [0.1, 0.15) is 45.1 Å².